The molecule has 0 aliphatic rings. The van der Waals surface area contributed by atoms with E-state index in [4.69, 9.17) is 5.26 Å². The molecule has 0 radical (unpaired) electrons. The second-order valence-corrected chi connectivity index (χ2v) is 5.27. The first-order valence-electron chi connectivity index (χ1n) is 7.08. The zero-order valence-electron chi connectivity index (χ0n) is 12.4. The molecule has 22 heavy (non-hydrogen) atoms. The highest BCUT2D eigenvalue weighted by atomic mass is 15.2. The molecule has 5 heteroatoms. The summed E-state index contributed by atoms with van der Waals surface area (Å²) in [4.78, 5) is 4.62. The summed E-state index contributed by atoms with van der Waals surface area (Å²) in [5.74, 6) is 0.979. The third-order valence-corrected chi connectivity index (χ3v) is 3.31. The molecule has 0 atom stereocenters. The Balaban J connectivity index is 2.07. The van der Waals surface area contributed by atoms with Crippen LogP contribution in [0.25, 0.3) is 5.65 Å². The quantitative estimate of drug-likeness (QED) is 0.653. The Morgan fingerprint density at radius 1 is 1.14 bits per heavy atom. The number of aromatic nitrogens is 2. The molecule has 108 valence electrons. The van der Waals surface area contributed by atoms with Crippen molar-refractivity contribution in [3.05, 3.63) is 59.9 Å². The van der Waals surface area contributed by atoms with Crippen molar-refractivity contribution in [3.63, 3.8) is 0 Å². The van der Waals surface area contributed by atoms with Gasteiger partial charge in [0.1, 0.15) is 5.65 Å². The van der Waals surface area contributed by atoms with Crippen molar-refractivity contribution in [3.8, 4) is 6.07 Å². The zero-order chi connectivity index (χ0) is 15.5. The van der Waals surface area contributed by atoms with Gasteiger partial charge in [0.05, 0.1) is 23.0 Å². The Kier molecular flexibility index (Phi) is 3.67. The summed E-state index contributed by atoms with van der Waals surface area (Å²) in [5, 5.41) is 17.6. The molecular weight excluding hydrogens is 274 g/mol. The van der Waals surface area contributed by atoms with Gasteiger partial charge in [0.2, 0.25) is 0 Å². The summed E-state index contributed by atoms with van der Waals surface area (Å²) in [5.41, 5.74) is 2.98. The average Bonchev–Trinajstić information content (AvgIpc) is 2.92. The first-order valence-corrected chi connectivity index (χ1v) is 7.08. The molecule has 0 aliphatic heterocycles. The summed E-state index contributed by atoms with van der Waals surface area (Å²) < 4.78 is 1.92. The molecule has 0 saturated heterocycles. The van der Waals surface area contributed by atoms with Crippen LogP contribution in [0.15, 0.2) is 58.9 Å². The normalized spacial score (nSPS) is 11.4. The van der Waals surface area contributed by atoms with E-state index in [-0.39, 0.29) is 5.92 Å². The van der Waals surface area contributed by atoms with Gasteiger partial charge in [-0.05, 0) is 36.2 Å². The van der Waals surface area contributed by atoms with Gasteiger partial charge >= 0.3 is 0 Å². The van der Waals surface area contributed by atoms with Crippen LogP contribution in [0.4, 0.5) is 11.5 Å². The van der Waals surface area contributed by atoms with E-state index >= 15 is 0 Å². The molecule has 0 aliphatic carbocycles. The lowest BCUT2D eigenvalue weighted by molar-refractivity contribution is 0.831. The molecule has 0 unspecified atom stereocenters. The monoisotopic (exact) mass is 289 g/mol. The molecule has 0 fully saturated rings. The van der Waals surface area contributed by atoms with E-state index in [0.29, 0.717) is 11.3 Å². The van der Waals surface area contributed by atoms with Crippen LogP contribution in [0.1, 0.15) is 31.0 Å². The maximum absolute atomic E-state index is 8.94. The number of hydrogen-bond acceptors (Lipinski definition) is 4. The maximum atomic E-state index is 8.94. The highest BCUT2D eigenvalue weighted by Crippen LogP contribution is 2.29. The minimum absolute atomic E-state index is 0.249. The van der Waals surface area contributed by atoms with Crippen molar-refractivity contribution in [1.82, 2.24) is 9.38 Å². The predicted octanol–water partition coefficient (Wildman–Crippen LogP) is 4.74. The molecule has 1 aromatic carbocycles. The van der Waals surface area contributed by atoms with Crippen LogP contribution in [0.2, 0.25) is 0 Å². The minimum Gasteiger partial charge on any atom is -0.283 e. The smallest absolute Gasteiger partial charge is 0.183 e. The molecule has 0 spiro atoms. The second kappa shape index (κ2) is 5.78. The lowest BCUT2D eigenvalue weighted by Crippen LogP contribution is -1.87. The number of azo groups is 1. The zero-order valence-corrected chi connectivity index (χ0v) is 12.4. The Hall–Kier alpha value is -3.00. The van der Waals surface area contributed by atoms with E-state index in [9.17, 15) is 0 Å². The Bertz CT molecular complexity index is 883. The minimum atomic E-state index is 0.249. The molecule has 0 N–H and O–H groups in total. The fraction of sp³-hybridized carbons (Fsp3) is 0.176. The largest absolute Gasteiger partial charge is 0.283 e. The van der Waals surface area contributed by atoms with E-state index in [0.717, 1.165) is 17.2 Å². The number of imidazole rings is 1. The van der Waals surface area contributed by atoms with Crippen molar-refractivity contribution in [2.75, 3.05) is 0 Å². The van der Waals surface area contributed by atoms with E-state index in [1.54, 1.807) is 18.2 Å². The van der Waals surface area contributed by atoms with Gasteiger partial charge in [-0.15, -0.1) is 10.2 Å². The molecule has 5 nitrogen and oxygen atoms in total. The predicted molar refractivity (Wildman–Crippen MR) is 84.6 cm³/mol. The van der Waals surface area contributed by atoms with E-state index in [1.165, 1.54) is 0 Å². The van der Waals surface area contributed by atoms with Gasteiger partial charge in [0, 0.05) is 6.20 Å². The van der Waals surface area contributed by atoms with Gasteiger partial charge in [0.15, 0.2) is 5.82 Å². The Labute approximate surface area is 128 Å². The number of rotatable bonds is 3. The highest BCUT2D eigenvalue weighted by molar-refractivity contribution is 5.53. The average molecular weight is 289 g/mol. The third kappa shape index (κ3) is 2.59. The van der Waals surface area contributed by atoms with Crippen molar-refractivity contribution in [1.29, 1.82) is 5.26 Å². The van der Waals surface area contributed by atoms with E-state index < -0.39 is 0 Å². The van der Waals surface area contributed by atoms with Gasteiger partial charge < -0.3 is 0 Å². The first kappa shape index (κ1) is 14.0. The number of fused-ring (bicyclic) bond motifs is 1. The van der Waals surface area contributed by atoms with Crippen LogP contribution in [-0.4, -0.2) is 9.38 Å². The summed E-state index contributed by atoms with van der Waals surface area (Å²) in [6.45, 7) is 4.16. The van der Waals surface area contributed by atoms with E-state index in [1.807, 2.05) is 34.9 Å². The summed E-state index contributed by atoms with van der Waals surface area (Å²) >= 11 is 0. The van der Waals surface area contributed by atoms with Crippen LogP contribution < -0.4 is 0 Å². The summed E-state index contributed by atoms with van der Waals surface area (Å²) in [7, 11) is 0. The van der Waals surface area contributed by atoms with Gasteiger partial charge in [-0.2, -0.15) is 5.26 Å². The van der Waals surface area contributed by atoms with Crippen molar-refractivity contribution >= 4 is 17.2 Å². The van der Waals surface area contributed by atoms with Crippen LogP contribution in [-0.2, 0) is 0 Å². The van der Waals surface area contributed by atoms with Crippen LogP contribution >= 0.6 is 0 Å². The Morgan fingerprint density at radius 3 is 2.77 bits per heavy atom. The fourth-order valence-corrected chi connectivity index (χ4v) is 2.23. The first-order chi connectivity index (χ1) is 10.7. The van der Waals surface area contributed by atoms with Crippen molar-refractivity contribution in [2.45, 2.75) is 19.8 Å². The lowest BCUT2D eigenvalue weighted by atomic mass is 10.1. The molecule has 0 saturated carbocycles. The van der Waals surface area contributed by atoms with Crippen LogP contribution in [0.5, 0.6) is 0 Å². The molecule has 3 rings (SSSR count). The number of pyridine rings is 1. The fourth-order valence-electron chi connectivity index (χ4n) is 2.23. The molecule has 3 aromatic rings. The second-order valence-electron chi connectivity index (χ2n) is 5.27. The highest BCUT2D eigenvalue weighted by Gasteiger charge is 2.14. The van der Waals surface area contributed by atoms with Gasteiger partial charge in [-0.3, -0.25) is 4.40 Å². The molecular formula is C17H15N5. The molecule has 2 aromatic heterocycles. The maximum Gasteiger partial charge on any atom is 0.183 e. The van der Waals surface area contributed by atoms with Crippen LogP contribution in [0.3, 0.4) is 0 Å². The van der Waals surface area contributed by atoms with Gasteiger partial charge in [0.25, 0.3) is 0 Å². The lowest BCUT2D eigenvalue weighted by Gasteiger charge is -2.01. The number of nitrogens with zero attached hydrogens (tertiary/aromatic N) is 5. The SMILES string of the molecule is CC(C)c1nc2ccccn2c1N=Nc1cccc(C#N)c1. The number of nitriles is 1. The number of benzene rings is 1. The van der Waals surface area contributed by atoms with Gasteiger partial charge in [-0.1, -0.05) is 26.0 Å². The molecule has 2 heterocycles. The topological polar surface area (TPSA) is 65.8 Å². The molecule has 0 bridgehead atoms. The summed E-state index contributed by atoms with van der Waals surface area (Å²) in [6.07, 6.45) is 1.92. The number of hydrogen-bond donors (Lipinski definition) is 0. The van der Waals surface area contributed by atoms with E-state index in [2.05, 4.69) is 35.1 Å². The van der Waals surface area contributed by atoms with Crippen molar-refractivity contribution in [2.24, 2.45) is 10.2 Å². The van der Waals surface area contributed by atoms with Gasteiger partial charge in [-0.25, -0.2) is 4.98 Å². The summed E-state index contributed by atoms with van der Waals surface area (Å²) in [6, 6.07) is 15.0. The van der Waals surface area contributed by atoms with Crippen LogP contribution in [0, 0.1) is 11.3 Å². The standard InChI is InChI=1S/C17H15N5/c1-12(2)16-17(22-9-4-3-8-15(22)19-16)21-20-14-7-5-6-13(10-14)11-18/h3-10,12H,1-2H3. The Morgan fingerprint density at radius 2 is 2.00 bits per heavy atom. The van der Waals surface area contributed by atoms with Crippen molar-refractivity contribution < 1.29 is 0 Å². The molecule has 0 amide bonds. The third-order valence-electron chi connectivity index (χ3n) is 3.31.